The number of halogens is 1. The maximum Gasteiger partial charge on any atom is 0.194 e. The Hall–Kier alpha value is -1.65. The summed E-state index contributed by atoms with van der Waals surface area (Å²) in [6.45, 7) is 11.6. The van der Waals surface area contributed by atoms with E-state index in [1.54, 1.807) is 0 Å². The molecule has 1 N–H and O–H groups in total. The number of guanidine groups is 1. The van der Waals surface area contributed by atoms with Crippen molar-refractivity contribution in [2.24, 2.45) is 10.9 Å². The van der Waals surface area contributed by atoms with Crippen molar-refractivity contribution in [3.63, 3.8) is 0 Å². The number of rotatable bonds is 7. The van der Waals surface area contributed by atoms with Crippen LogP contribution in [-0.4, -0.2) is 77.8 Å². The van der Waals surface area contributed by atoms with E-state index in [9.17, 15) is 0 Å². The third-order valence-corrected chi connectivity index (χ3v) is 5.91. The molecule has 7 nitrogen and oxygen atoms in total. The zero-order valence-electron chi connectivity index (χ0n) is 18.4. The van der Waals surface area contributed by atoms with Crippen LogP contribution < -0.4 is 5.32 Å². The average Bonchev–Trinajstić information content (AvgIpc) is 3.42. The van der Waals surface area contributed by atoms with E-state index in [0.717, 1.165) is 64.3 Å². The van der Waals surface area contributed by atoms with Crippen molar-refractivity contribution in [2.75, 3.05) is 52.5 Å². The molecule has 1 aromatic carbocycles. The quantitative estimate of drug-likeness (QED) is 0.334. The van der Waals surface area contributed by atoms with Crippen molar-refractivity contribution in [3.8, 4) is 0 Å². The first kappa shape index (κ1) is 24.0. The second-order valence-electron chi connectivity index (χ2n) is 8.14. The van der Waals surface area contributed by atoms with Gasteiger partial charge in [-0.3, -0.25) is 4.90 Å². The normalized spacial score (nSPS) is 20.0. The molecular weight excluding hydrogens is 503 g/mol. The van der Waals surface area contributed by atoms with Crippen LogP contribution in [0.4, 0.5) is 0 Å². The van der Waals surface area contributed by atoms with Gasteiger partial charge in [0, 0.05) is 58.2 Å². The summed E-state index contributed by atoms with van der Waals surface area (Å²) in [5.41, 5.74) is 1.28. The molecule has 170 valence electrons. The number of aliphatic imine (C=N–C) groups is 1. The summed E-state index contributed by atoms with van der Waals surface area (Å²) in [4.78, 5) is 14.4. The fraction of sp³-hybridized carbons (Fsp3) is 0.565. The number of imidazole rings is 1. The van der Waals surface area contributed by atoms with Crippen LogP contribution >= 0.6 is 24.0 Å². The minimum Gasteiger partial charge on any atom is -0.379 e. The molecule has 0 saturated carbocycles. The largest absolute Gasteiger partial charge is 0.379 e. The number of hydrogen-bond donors (Lipinski definition) is 1. The van der Waals surface area contributed by atoms with Crippen molar-refractivity contribution < 1.29 is 4.74 Å². The molecule has 0 amide bonds. The van der Waals surface area contributed by atoms with E-state index < -0.39 is 0 Å². The number of morpholine rings is 1. The highest BCUT2D eigenvalue weighted by Gasteiger charge is 2.27. The molecule has 4 rings (SSSR count). The number of ether oxygens (including phenoxy) is 1. The lowest BCUT2D eigenvalue weighted by atomic mass is 10.1. The van der Waals surface area contributed by atoms with Gasteiger partial charge in [-0.15, -0.1) is 24.0 Å². The van der Waals surface area contributed by atoms with Gasteiger partial charge in [-0.1, -0.05) is 30.3 Å². The predicted molar refractivity (Wildman–Crippen MR) is 135 cm³/mol. The summed E-state index contributed by atoms with van der Waals surface area (Å²) in [6, 6.07) is 10.5. The van der Waals surface area contributed by atoms with E-state index in [1.807, 2.05) is 18.5 Å². The van der Waals surface area contributed by atoms with Crippen LogP contribution in [0, 0.1) is 5.92 Å². The Bertz CT molecular complexity index is 805. The molecule has 2 saturated heterocycles. The second kappa shape index (κ2) is 12.4. The number of likely N-dealkylation sites (tertiary alicyclic amines) is 1. The molecule has 0 aliphatic carbocycles. The van der Waals surface area contributed by atoms with E-state index in [4.69, 9.17) is 9.73 Å². The fourth-order valence-electron chi connectivity index (χ4n) is 4.31. The molecule has 2 aromatic rings. The summed E-state index contributed by atoms with van der Waals surface area (Å²) < 4.78 is 7.67. The highest BCUT2D eigenvalue weighted by molar-refractivity contribution is 14.0. The first-order chi connectivity index (χ1) is 14.8. The van der Waals surface area contributed by atoms with E-state index in [2.05, 4.69) is 55.9 Å². The first-order valence-corrected chi connectivity index (χ1v) is 11.2. The van der Waals surface area contributed by atoms with E-state index >= 15 is 0 Å². The zero-order valence-corrected chi connectivity index (χ0v) is 20.8. The third kappa shape index (κ3) is 6.92. The molecule has 1 aromatic heterocycles. The van der Waals surface area contributed by atoms with Gasteiger partial charge in [0.1, 0.15) is 12.4 Å². The van der Waals surface area contributed by atoms with Crippen molar-refractivity contribution in [2.45, 2.75) is 26.4 Å². The van der Waals surface area contributed by atoms with Crippen LogP contribution in [0.25, 0.3) is 0 Å². The third-order valence-electron chi connectivity index (χ3n) is 5.91. The lowest BCUT2D eigenvalue weighted by Gasteiger charge is -2.29. The molecule has 1 unspecified atom stereocenters. The second-order valence-corrected chi connectivity index (χ2v) is 8.14. The predicted octanol–water partition coefficient (Wildman–Crippen LogP) is 2.67. The number of nitrogens with one attached hydrogen (secondary N) is 1. The van der Waals surface area contributed by atoms with Crippen molar-refractivity contribution in [3.05, 3.63) is 54.1 Å². The van der Waals surface area contributed by atoms with Crippen LogP contribution in [-0.2, 0) is 17.8 Å². The summed E-state index contributed by atoms with van der Waals surface area (Å²) >= 11 is 0. The van der Waals surface area contributed by atoms with Gasteiger partial charge in [-0.25, -0.2) is 9.98 Å². The van der Waals surface area contributed by atoms with Crippen molar-refractivity contribution >= 4 is 29.9 Å². The summed E-state index contributed by atoms with van der Waals surface area (Å²) in [7, 11) is 0. The standard InChI is InChI=1S/C23H34N6O.HI/c1-2-24-23(29-10-8-21(19-29)17-27-12-14-30-15-13-27)26-16-22-25-9-11-28(22)18-20-6-4-3-5-7-20;/h3-7,9,11,21H,2,8,10,12-19H2,1H3,(H,24,26);1H. The molecule has 2 aliphatic rings. The molecule has 2 aliphatic heterocycles. The van der Waals surface area contributed by atoms with Gasteiger partial charge in [0.2, 0.25) is 0 Å². The van der Waals surface area contributed by atoms with Gasteiger partial charge >= 0.3 is 0 Å². The minimum absolute atomic E-state index is 0. The van der Waals surface area contributed by atoms with E-state index in [1.165, 1.54) is 18.5 Å². The summed E-state index contributed by atoms with van der Waals surface area (Å²) in [5, 5.41) is 3.49. The SMILES string of the molecule is CCNC(=NCc1nccn1Cc1ccccc1)N1CCC(CN2CCOCC2)C1.I. The molecule has 8 heteroatoms. The average molecular weight is 538 g/mol. The molecule has 0 radical (unpaired) electrons. The number of aromatic nitrogens is 2. The smallest absolute Gasteiger partial charge is 0.194 e. The minimum atomic E-state index is 0. The Kier molecular flexibility index (Phi) is 9.60. The van der Waals surface area contributed by atoms with Gasteiger partial charge in [0.05, 0.1) is 13.2 Å². The number of hydrogen-bond acceptors (Lipinski definition) is 4. The van der Waals surface area contributed by atoms with Crippen molar-refractivity contribution in [1.82, 2.24) is 24.7 Å². The molecular formula is C23H35IN6O. The molecule has 1 atom stereocenters. The molecule has 0 bridgehead atoms. The molecule has 3 heterocycles. The highest BCUT2D eigenvalue weighted by Crippen LogP contribution is 2.18. The molecule has 31 heavy (non-hydrogen) atoms. The number of benzene rings is 1. The van der Waals surface area contributed by atoms with E-state index in [-0.39, 0.29) is 24.0 Å². The van der Waals surface area contributed by atoms with E-state index in [0.29, 0.717) is 12.5 Å². The molecule has 2 fully saturated rings. The summed E-state index contributed by atoms with van der Waals surface area (Å²) in [6.07, 6.45) is 5.14. The van der Waals surface area contributed by atoms with Crippen LogP contribution in [0.15, 0.2) is 47.7 Å². The maximum atomic E-state index is 5.48. The Morgan fingerprint density at radius 2 is 2.00 bits per heavy atom. The lowest BCUT2D eigenvalue weighted by Crippen LogP contribution is -2.42. The van der Waals surface area contributed by atoms with Crippen LogP contribution in [0.1, 0.15) is 24.7 Å². The number of nitrogens with zero attached hydrogens (tertiary/aromatic N) is 5. The first-order valence-electron chi connectivity index (χ1n) is 11.2. The maximum absolute atomic E-state index is 5.48. The molecule has 0 spiro atoms. The van der Waals surface area contributed by atoms with Gasteiger partial charge in [0.25, 0.3) is 0 Å². The monoisotopic (exact) mass is 538 g/mol. The zero-order chi connectivity index (χ0) is 20.6. The van der Waals surface area contributed by atoms with Crippen LogP contribution in [0.5, 0.6) is 0 Å². The van der Waals surface area contributed by atoms with Crippen LogP contribution in [0.2, 0.25) is 0 Å². The Labute approximate surface area is 202 Å². The van der Waals surface area contributed by atoms with Gasteiger partial charge < -0.3 is 19.5 Å². The Morgan fingerprint density at radius 3 is 2.77 bits per heavy atom. The van der Waals surface area contributed by atoms with Crippen molar-refractivity contribution in [1.29, 1.82) is 0 Å². The van der Waals surface area contributed by atoms with Gasteiger partial charge in [-0.05, 0) is 24.8 Å². The van der Waals surface area contributed by atoms with Gasteiger partial charge in [-0.2, -0.15) is 0 Å². The topological polar surface area (TPSA) is 57.9 Å². The lowest BCUT2D eigenvalue weighted by molar-refractivity contribution is 0.0315. The Balaban J connectivity index is 0.00000272. The Morgan fingerprint density at radius 1 is 1.19 bits per heavy atom. The van der Waals surface area contributed by atoms with Gasteiger partial charge in [0.15, 0.2) is 5.96 Å². The van der Waals surface area contributed by atoms with Crippen LogP contribution in [0.3, 0.4) is 0 Å². The highest BCUT2D eigenvalue weighted by atomic mass is 127. The summed E-state index contributed by atoms with van der Waals surface area (Å²) in [5.74, 6) is 2.71. The fourth-order valence-corrected chi connectivity index (χ4v) is 4.31.